The number of nitrogens with one attached hydrogen (secondary N) is 2. The summed E-state index contributed by atoms with van der Waals surface area (Å²) < 4.78 is 7.27. The van der Waals surface area contributed by atoms with Crippen LogP contribution >= 0.6 is 0 Å². The van der Waals surface area contributed by atoms with Gasteiger partial charge in [0.15, 0.2) is 5.58 Å². The van der Waals surface area contributed by atoms with E-state index in [9.17, 15) is 4.79 Å². The third-order valence-electron chi connectivity index (χ3n) is 3.64. The fraction of sp³-hybridized carbons (Fsp3) is 0.312. The van der Waals surface area contributed by atoms with Crippen molar-refractivity contribution in [3.05, 3.63) is 36.2 Å². The molecule has 2 aromatic heterocycles. The first-order valence-electron chi connectivity index (χ1n) is 7.52. The van der Waals surface area contributed by atoms with Gasteiger partial charge in [-0.15, -0.1) is 0 Å². The third kappa shape index (κ3) is 3.09. The zero-order chi connectivity index (χ0) is 17.3. The van der Waals surface area contributed by atoms with E-state index >= 15 is 0 Å². The Balaban J connectivity index is 1.81. The van der Waals surface area contributed by atoms with E-state index in [1.165, 1.54) is 0 Å². The van der Waals surface area contributed by atoms with Crippen LogP contribution in [-0.2, 0) is 11.8 Å². The monoisotopic (exact) mass is 328 g/mol. The van der Waals surface area contributed by atoms with E-state index in [2.05, 4.69) is 20.7 Å². The number of anilines is 2. The molecule has 2 heterocycles. The Hall–Kier alpha value is -2.87. The van der Waals surface area contributed by atoms with Crippen molar-refractivity contribution in [3.8, 4) is 0 Å². The highest BCUT2D eigenvalue weighted by Crippen LogP contribution is 2.24. The van der Waals surface area contributed by atoms with Crippen LogP contribution in [0.2, 0.25) is 0 Å². The predicted octanol–water partition coefficient (Wildman–Crippen LogP) is 1.53. The zero-order valence-corrected chi connectivity index (χ0v) is 14.1. The summed E-state index contributed by atoms with van der Waals surface area (Å²) in [6, 6.07) is 5.42. The van der Waals surface area contributed by atoms with E-state index in [4.69, 9.17) is 4.42 Å². The standard InChI is InChI=1S/C16H20N6O2/c1-17-14(10-8-18-22(4)9-10)15(23)19-11-5-6-13-12(7-11)20-16(24-13)21(2)3/h5-9,14,17H,1-4H3,(H,19,23). The molecule has 1 amide bonds. The topological polar surface area (TPSA) is 88.2 Å². The molecule has 0 aliphatic rings. The second-order valence-electron chi connectivity index (χ2n) is 5.73. The fourth-order valence-corrected chi connectivity index (χ4v) is 2.44. The molecule has 1 atom stereocenters. The van der Waals surface area contributed by atoms with Gasteiger partial charge >= 0.3 is 0 Å². The van der Waals surface area contributed by atoms with Crippen molar-refractivity contribution >= 4 is 28.7 Å². The van der Waals surface area contributed by atoms with Gasteiger partial charge in [-0.25, -0.2) is 0 Å². The lowest BCUT2D eigenvalue weighted by Gasteiger charge is -2.14. The van der Waals surface area contributed by atoms with Crippen molar-refractivity contribution in [2.45, 2.75) is 6.04 Å². The van der Waals surface area contributed by atoms with Crippen LogP contribution in [0.4, 0.5) is 11.7 Å². The first-order valence-corrected chi connectivity index (χ1v) is 7.52. The Kier molecular flexibility index (Phi) is 4.22. The Morgan fingerprint density at radius 1 is 1.38 bits per heavy atom. The second-order valence-corrected chi connectivity index (χ2v) is 5.73. The molecule has 0 fully saturated rings. The Bertz CT molecular complexity index is 866. The number of aromatic nitrogens is 3. The Morgan fingerprint density at radius 3 is 2.79 bits per heavy atom. The van der Waals surface area contributed by atoms with Gasteiger partial charge in [-0.1, -0.05) is 0 Å². The number of carbonyl (C=O) groups excluding carboxylic acids is 1. The third-order valence-corrected chi connectivity index (χ3v) is 3.64. The lowest BCUT2D eigenvalue weighted by Crippen LogP contribution is -2.30. The molecular weight excluding hydrogens is 308 g/mol. The van der Waals surface area contributed by atoms with Gasteiger partial charge in [0.1, 0.15) is 11.6 Å². The molecule has 0 radical (unpaired) electrons. The molecule has 8 nitrogen and oxygen atoms in total. The summed E-state index contributed by atoms with van der Waals surface area (Å²) in [5, 5.41) is 10.0. The molecule has 0 aliphatic carbocycles. The second kappa shape index (κ2) is 6.32. The van der Waals surface area contributed by atoms with E-state index in [0.29, 0.717) is 22.8 Å². The number of amides is 1. The Labute approximate surface area is 139 Å². The van der Waals surface area contributed by atoms with Gasteiger partial charge in [-0.05, 0) is 25.2 Å². The minimum atomic E-state index is -0.482. The average molecular weight is 328 g/mol. The summed E-state index contributed by atoms with van der Waals surface area (Å²) in [5.74, 6) is -0.166. The van der Waals surface area contributed by atoms with Crippen LogP contribution in [-0.4, -0.2) is 41.8 Å². The van der Waals surface area contributed by atoms with E-state index in [0.717, 1.165) is 5.56 Å². The summed E-state index contributed by atoms with van der Waals surface area (Å²) in [6.07, 6.45) is 3.48. The smallest absolute Gasteiger partial charge is 0.297 e. The maximum absolute atomic E-state index is 12.5. The summed E-state index contributed by atoms with van der Waals surface area (Å²) in [7, 11) is 7.27. The molecule has 3 rings (SSSR count). The molecule has 3 aromatic rings. The molecule has 1 unspecified atom stereocenters. The highest BCUT2D eigenvalue weighted by atomic mass is 16.4. The molecule has 8 heteroatoms. The zero-order valence-electron chi connectivity index (χ0n) is 14.1. The van der Waals surface area contributed by atoms with Gasteiger partial charge in [0.25, 0.3) is 6.01 Å². The summed E-state index contributed by atoms with van der Waals surface area (Å²) in [4.78, 5) is 18.7. The van der Waals surface area contributed by atoms with Crippen LogP contribution in [0.15, 0.2) is 35.0 Å². The molecule has 24 heavy (non-hydrogen) atoms. The number of aryl methyl sites for hydroxylation is 1. The first kappa shape index (κ1) is 16.0. The van der Waals surface area contributed by atoms with E-state index < -0.39 is 6.04 Å². The number of hydrogen-bond donors (Lipinski definition) is 2. The largest absolute Gasteiger partial charge is 0.423 e. The predicted molar refractivity (Wildman–Crippen MR) is 92.0 cm³/mol. The lowest BCUT2D eigenvalue weighted by atomic mass is 10.1. The molecule has 1 aromatic carbocycles. The summed E-state index contributed by atoms with van der Waals surface area (Å²) in [6.45, 7) is 0. The highest BCUT2D eigenvalue weighted by Gasteiger charge is 2.20. The van der Waals surface area contributed by atoms with Crippen molar-refractivity contribution in [1.29, 1.82) is 0 Å². The first-order chi connectivity index (χ1) is 11.5. The number of oxazole rings is 1. The van der Waals surface area contributed by atoms with E-state index in [-0.39, 0.29) is 5.91 Å². The Morgan fingerprint density at radius 2 is 2.17 bits per heavy atom. The van der Waals surface area contributed by atoms with Gasteiger partial charge in [0, 0.05) is 38.6 Å². The maximum atomic E-state index is 12.5. The van der Waals surface area contributed by atoms with Crippen molar-refractivity contribution in [2.75, 3.05) is 31.4 Å². The summed E-state index contributed by atoms with van der Waals surface area (Å²) >= 11 is 0. The molecule has 0 saturated heterocycles. The molecule has 0 bridgehead atoms. The maximum Gasteiger partial charge on any atom is 0.297 e. The van der Waals surface area contributed by atoms with Crippen molar-refractivity contribution in [1.82, 2.24) is 20.1 Å². The number of nitrogens with zero attached hydrogens (tertiary/aromatic N) is 4. The number of likely N-dealkylation sites (N-methyl/N-ethyl adjacent to an activating group) is 1. The minimum absolute atomic E-state index is 0.166. The van der Waals surface area contributed by atoms with Crippen LogP contribution in [0.1, 0.15) is 11.6 Å². The van der Waals surface area contributed by atoms with Gasteiger partial charge in [-0.3, -0.25) is 9.48 Å². The molecular formula is C16H20N6O2. The molecule has 126 valence electrons. The van der Waals surface area contributed by atoms with Crippen LogP contribution in [0.5, 0.6) is 0 Å². The van der Waals surface area contributed by atoms with Crippen molar-refractivity contribution < 1.29 is 9.21 Å². The van der Waals surface area contributed by atoms with Gasteiger partial charge < -0.3 is 20.0 Å². The van der Waals surface area contributed by atoms with Gasteiger partial charge in [-0.2, -0.15) is 10.1 Å². The molecule has 0 aliphatic heterocycles. The van der Waals surface area contributed by atoms with Crippen LogP contribution in [0.3, 0.4) is 0 Å². The number of benzene rings is 1. The molecule has 0 spiro atoms. The SMILES string of the molecule is CNC(C(=O)Nc1ccc2oc(N(C)C)nc2c1)c1cnn(C)c1. The minimum Gasteiger partial charge on any atom is -0.423 e. The molecule has 2 N–H and O–H groups in total. The fourth-order valence-electron chi connectivity index (χ4n) is 2.44. The van der Waals surface area contributed by atoms with Crippen LogP contribution in [0, 0.1) is 0 Å². The highest BCUT2D eigenvalue weighted by molar-refractivity contribution is 5.96. The van der Waals surface area contributed by atoms with Crippen molar-refractivity contribution in [2.24, 2.45) is 7.05 Å². The molecule has 0 saturated carbocycles. The van der Waals surface area contributed by atoms with E-state index in [1.807, 2.05) is 27.3 Å². The average Bonchev–Trinajstić information content (AvgIpc) is 3.14. The number of hydrogen-bond acceptors (Lipinski definition) is 6. The van der Waals surface area contributed by atoms with Crippen molar-refractivity contribution in [3.63, 3.8) is 0 Å². The summed E-state index contributed by atoms with van der Waals surface area (Å²) in [5.41, 5.74) is 2.83. The normalized spacial score (nSPS) is 12.3. The number of carbonyl (C=O) groups is 1. The van der Waals surface area contributed by atoms with Gasteiger partial charge in [0.2, 0.25) is 5.91 Å². The van der Waals surface area contributed by atoms with E-state index in [1.54, 1.807) is 41.0 Å². The lowest BCUT2D eigenvalue weighted by molar-refractivity contribution is -0.118. The van der Waals surface area contributed by atoms with Crippen LogP contribution < -0.4 is 15.5 Å². The number of fused-ring (bicyclic) bond motifs is 1. The quantitative estimate of drug-likeness (QED) is 0.738. The number of rotatable bonds is 5. The van der Waals surface area contributed by atoms with Crippen LogP contribution in [0.25, 0.3) is 11.1 Å². The van der Waals surface area contributed by atoms with Gasteiger partial charge in [0.05, 0.1) is 6.20 Å².